The summed E-state index contributed by atoms with van der Waals surface area (Å²) < 4.78 is 17.5. The third kappa shape index (κ3) is 5.16. The van der Waals surface area contributed by atoms with Gasteiger partial charge in [-0.05, 0) is 17.7 Å². The second-order valence-electron chi connectivity index (χ2n) is 3.90. The average Bonchev–Trinajstić information content (AvgIpc) is 2.94. The van der Waals surface area contributed by atoms with Crippen molar-refractivity contribution in [2.45, 2.75) is 13.1 Å². The molecule has 2 aromatic rings. The Labute approximate surface area is 133 Å². The highest BCUT2D eigenvalue weighted by molar-refractivity contribution is 14.0. The second kappa shape index (κ2) is 8.51. The highest BCUT2D eigenvalue weighted by atomic mass is 127. The lowest BCUT2D eigenvalue weighted by Gasteiger charge is -2.10. The molecule has 1 heterocycles. The Balaban J connectivity index is 0.00000200. The van der Waals surface area contributed by atoms with Crippen LogP contribution in [0.3, 0.4) is 0 Å². The van der Waals surface area contributed by atoms with E-state index in [1.165, 1.54) is 18.4 Å². The molecule has 1 aromatic heterocycles. The van der Waals surface area contributed by atoms with Crippen LogP contribution in [0.2, 0.25) is 0 Å². The number of benzene rings is 1. The van der Waals surface area contributed by atoms with Gasteiger partial charge in [0.25, 0.3) is 0 Å². The van der Waals surface area contributed by atoms with Crippen molar-refractivity contribution in [3.05, 3.63) is 53.7 Å². The fourth-order valence-corrected chi connectivity index (χ4v) is 1.51. The van der Waals surface area contributed by atoms with Crippen LogP contribution in [0.15, 0.2) is 46.1 Å². The molecule has 0 saturated carbocycles. The Kier molecular flexibility index (Phi) is 6.99. The van der Waals surface area contributed by atoms with Crippen LogP contribution in [0.5, 0.6) is 0 Å². The summed E-state index contributed by atoms with van der Waals surface area (Å²) in [5, 5.41) is 10.0. The molecule has 0 atom stereocenters. The molecule has 20 heavy (non-hydrogen) atoms. The third-order valence-electron chi connectivity index (χ3n) is 2.53. The Morgan fingerprint density at radius 3 is 2.50 bits per heavy atom. The first-order chi connectivity index (χ1) is 9.28. The van der Waals surface area contributed by atoms with E-state index in [2.05, 4.69) is 20.8 Å². The van der Waals surface area contributed by atoms with Gasteiger partial charge in [0, 0.05) is 19.7 Å². The summed E-state index contributed by atoms with van der Waals surface area (Å²) in [5.41, 5.74) is 1.77. The maximum Gasteiger partial charge on any atom is 0.191 e. The Morgan fingerprint density at radius 1 is 1.20 bits per heavy atom. The molecule has 0 saturated heterocycles. The summed E-state index contributed by atoms with van der Waals surface area (Å²) in [6, 6.07) is 8.10. The van der Waals surface area contributed by atoms with E-state index in [-0.39, 0.29) is 29.8 Å². The number of guanidine groups is 1. The quantitative estimate of drug-likeness (QED) is 0.478. The summed E-state index contributed by atoms with van der Waals surface area (Å²) in [5.74, 6) is 0.407. The summed E-state index contributed by atoms with van der Waals surface area (Å²) in [6.07, 6.45) is 1.52. The molecule has 0 amide bonds. The maximum absolute atomic E-state index is 12.8. The minimum Gasteiger partial charge on any atom is -0.364 e. The zero-order valence-electron chi connectivity index (χ0n) is 11.0. The first-order valence-electron chi connectivity index (χ1n) is 5.86. The molecule has 2 rings (SSSR count). The van der Waals surface area contributed by atoms with Crippen LogP contribution in [0.25, 0.3) is 0 Å². The van der Waals surface area contributed by atoms with Gasteiger partial charge in [-0.25, -0.2) is 4.39 Å². The predicted octanol–water partition coefficient (Wildman–Crippen LogP) is 2.30. The molecule has 0 spiro atoms. The lowest BCUT2D eigenvalue weighted by atomic mass is 10.2. The van der Waals surface area contributed by atoms with Crippen LogP contribution < -0.4 is 10.6 Å². The van der Waals surface area contributed by atoms with E-state index >= 15 is 0 Å². The van der Waals surface area contributed by atoms with Crippen LogP contribution in [0, 0.1) is 5.82 Å². The number of nitrogens with one attached hydrogen (secondary N) is 2. The molecule has 0 radical (unpaired) electrons. The molecule has 0 unspecified atom stereocenters. The van der Waals surface area contributed by atoms with Crippen molar-refractivity contribution in [2.24, 2.45) is 4.99 Å². The van der Waals surface area contributed by atoms with Crippen molar-refractivity contribution in [2.75, 3.05) is 7.05 Å². The minimum absolute atomic E-state index is 0. The van der Waals surface area contributed by atoms with E-state index in [0.717, 1.165) is 11.3 Å². The lowest BCUT2D eigenvalue weighted by Crippen LogP contribution is -2.36. The molecule has 108 valence electrons. The van der Waals surface area contributed by atoms with Crippen LogP contribution in [-0.4, -0.2) is 18.2 Å². The van der Waals surface area contributed by atoms with Gasteiger partial charge in [0.15, 0.2) is 5.96 Å². The number of aliphatic imine (C=N–C) groups is 1. The van der Waals surface area contributed by atoms with Crippen molar-refractivity contribution in [3.8, 4) is 0 Å². The first kappa shape index (κ1) is 16.4. The highest BCUT2D eigenvalue weighted by Crippen LogP contribution is 2.02. The summed E-state index contributed by atoms with van der Waals surface area (Å²) >= 11 is 0. The van der Waals surface area contributed by atoms with Gasteiger partial charge in [-0.3, -0.25) is 4.99 Å². The molecule has 1 aromatic carbocycles. The van der Waals surface area contributed by atoms with Gasteiger partial charge in [-0.15, -0.1) is 24.0 Å². The summed E-state index contributed by atoms with van der Waals surface area (Å²) in [7, 11) is 1.68. The van der Waals surface area contributed by atoms with Crippen molar-refractivity contribution >= 4 is 29.9 Å². The van der Waals surface area contributed by atoms with E-state index in [0.29, 0.717) is 19.0 Å². The van der Waals surface area contributed by atoms with Crippen molar-refractivity contribution in [1.29, 1.82) is 0 Å². The van der Waals surface area contributed by atoms with E-state index in [9.17, 15) is 4.39 Å². The van der Waals surface area contributed by atoms with Gasteiger partial charge >= 0.3 is 0 Å². The molecule has 0 bridgehead atoms. The second-order valence-corrected chi connectivity index (χ2v) is 3.90. The number of aromatic nitrogens is 1. The van der Waals surface area contributed by atoms with Crippen LogP contribution in [0.4, 0.5) is 4.39 Å². The Bertz CT molecular complexity index is 528. The molecule has 0 aliphatic carbocycles. The zero-order chi connectivity index (χ0) is 13.5. The van der Waals surface area contributed by atoms with E-state index in [4.69, 9.17) is 4.52 Å². The van der Waals surface area contributed by atoms with Crippen molar-refractivity contribution in [3.63, 3.8) is 0 Å². The van der Waals surface area contributed by atoms with Crippen LogP contribution in [0.1, 0.15) is 11.3 Å². The fraction of sp³-hybridized carbons (Fsp3) is 0.231. The third-order valence-corrected chi connectivity index (χ3v) is 2.53. The molecule has 0 aliphatic heterocycles. The number of hydrogen-bond donors (Lipinski definition) is 2. The topological polar surface area (TPSA) is 62.5 Å². The SMILES string of the molecule is CN=C(NCc1ccc(F)cc1)NCc1ccon1.I. The van der Waals surface area contributed by atoms with Gasteiger partial charge in [-0.2, -0.15) is 0 Å². The molecule has 5 nitrogen and oxygen atoms in total. The Hall–Kier alpha value is -1.64. The summed E-state index contributed by atoms with van der Waals surface area (Å²) in [4.78, 5) is 4.08. The van der Waals surface area contributed by atoms with Gasteiger partial charge in [0.2, 0.25) is 0 Å². The highest BCUT2D eigenvalue weighted by Gasteiger charge is 2.00. The van der Waals surface area contributed by atoms with Gasteiger partial charge in [0.05, 0.1) is 6.54 Å². The van der Waals surface area contributed by atoms with Crippen molar-refractivity contribution < 1.29 is 8.91 Å². The predicted molar refractivity (Wildman–Crippen MR) is 85.4 cm³/mol. The first-order valence-corrected chi connectivity index (χ1v) is 5.86. The number of halogens is 2. The minimum atomic E-state index is -0.239. The smallest absolute Gasteiger partial charge is 0.191 e. The average molecular weight is 390 g/mol. The number of hydrogen-bond acceptors (Lipinski definition) is 3. The van der Waals surface area contributed by atoms with Gasteiger partial charge in [0.1, 0.15) is 17.8 Å². The zero-order valence-corrected chi connectivity index (χ0v) is 13.3. The van der Waals surface area contributed by atoms with Gasteiger partial charge in [-0.1, -0.05) is 17.3 Å². The maximum atomic E-state index is 12.8. The van der Waals surface area contributed by atoms with E-state index in [1.807, 2.05) is 0 Å². The summed E-state index contributed by atoms with van der Waals surface area (Å²) in [6.45, 7) is 1.10. The normalized spacial score (nSPS) is 10.8. The molecule has 0 fully saturated rings. The van der Waals surface area contributed by atoms with Gasteiger partial charge < -0.3 is 15.2 Å². The molecule has 0 aliphatic rings. The van der Waals surface area contributed by atoms with Crippen LogP contribution >= 0.6 is 24.0 Å². The standard InChI is InChI=1S/C13H15FN4O.HI/c1-15-13(17-9-12-6-7-19-18-12)16-8-10-2-4-11(14)5-3-10;/h2-7H,8-9H2,1H3,(H2,15,16,17);1H. The monoisotopic (exact) mass is 390 g/mol. The number of rotatable bonds is 4. The van der Waals surface area contributed by atoms with Crippen LogP contribution in [-0.2, 0) is 13.1 Å². The van der Waals surface area contributed by atoms with E-state index in [1.54, 1.807) is 25.2 Å². The Morgan fingerprint density at radius 2 is 1.90 bits per heavy atom. The fourth-order valence-electron chi connectivity index (χ4n) is 1.51. The lowest BCUT2D eigenvalue weighted by molar-refractivity contribution is 0.410. The largest absolute Gasteiger partial charge is 0.364 e. The van der Waals surface area contributed by atoms with E-state index < -0.39 is 0 Å². The molecule has 2 N–H and O–H groups in total. The molecule has 7 heteroatoms. The molecular weight excluding hydrogens is 374 g/mol. The number of nitrogens with zero attached hydrogens (tertiary/aromatic N) is 2. The molecular formula is C13H16FIN4O. The van der Waals surface area contributed by atoms with Crippen molar-refractivity contribution in [1.82, 2.24) is 15.8 Å².